The summed E-state index contributed by atoms with van der Waals surface area (Å²) in [6.45, 7) is 1.11. The number of anilines is 1. The van der Waals surface area contributed by atoms with Crippen LogP contribution in [0.4, 0.5) is 18.9 Å². The molecule has 0 heterocycles. The third-order valence-corrected chi connectivity index (χ3v) is 3.91. The van der Waals surface area contributed by atoms with Gasteiger partial charge in [-0.1, -0.05) is 0 Å². The third kappa shape index (κ3) is 3.39. The molecule has 106 valence electrons. The van der Waals surface area contributed by atoms with E-state index in [2.05, 4.69) is 0 Å². The van der Waals surface area contributed by atoms with Crippen molar-refractivity contribution in [1.29, 1.82) is 10.5 Å². The molecule has 20 heavy (non-hydrogen) atoms. The number of hydrogen-bond donors (Lipinski definition) is 1. The molecule has 0 radical (unpaired) electrons. The molecule has 0 aliphatic carbocycles. The van der Waals surface area contributed by atoms with Gasteiger partial charge in [0.2, 0.25) is 10.0 Å². The van der Waals surface area contributed by atoms with Crippen LogP contribution in [0.2, 0.25) is 0 Å². The highest BCUT2D eigenvalue weighted by atomic mass is 32.2. The Morgan fingerprint density at radius 3 is 2.35 bits per heavy atom. The van der Waals surface area contributed by atoms with E-state index in [0.717, 1.165) is 13.0 Å². The Morgan fingerprint density at radius 1 is 1.30 bits per heavy atom. The SMILES string of the molecule is CC(C#N)S(=O)(=O)Nc1ccc(C(F)(F)F)cc1C#N. The molecule has 1 rings (SSSR count). The summed E-state index contributed by atoms with van der Waals surface area (Å²) in [5, 5.41) is 15.9. The zero-order valence-electron chi connectivity index (χ0n) is 10.1. The number of alkyl halides is 3. The predicted molar refractivity (Wildman–Crippen MR) is 63.8 cm³/mol. The molecule has 0 aliphatic rings. The van der Waals surface area contributed by atoms with Gasteiger partial charge in [0.25, 0.3) is 0 Å². The molecule has 0 spiro atoms. The van der Waals surface area contributed by atoms with Gasteiger partial charge in [-0.3, -0.25) is 4.72 Å². The zero-order chi connectivity index (χ0) is 15.6. The Balaban J connectivity index is 3.24. The van der Waals surface area contributed by atoms with E-state index in [1.54, 1.807) is 0 Å². The van der Waals surface area contributed by atoms with Gasteiger partial charge in [-0.25, -0.2) is 8.42 Å². The summed E-state index contributed by atoms with van der Waals surface area (Å²) in [4.78, 5) is 0. The van der Waals surface area contributed by atoms with Crippen LogP contribution >= 0.6 is 0 Å². The van der Waals surface area contributed by atoms with Crippen LogP contribution in [-0.4, -0.2) is 13.7 Å². The van der Waals surface area contributed by atoms with Gasteiger partial charge in [-0.15, -0.1) is 0 Å². The first-order chi connectivity index (χ1) is 9.11. The van der Waals surface area contributed by atoms with E-state index in [4.69, 9.17) is 10.5 Å². The summed E-state index contributed by atoms with van der Waals surface area (Å²) in [7, 11) is -4.09. The van der Waals surface area contributed by atoms with Gasteiger partial charge in [0, 0.05) is 0 Å². The largest absolute Gasteiger partial charge is 0.416 e. The lowest BCUT2D eigenvalue weighted by atomic mass is 10.1. The summed E-state index contributed by atoms with van der Waals surface area (Å²) < 4.78 is 62.6. The van der Waals surface area contributed by atoms with Crippen molar-refractivity contribution in [2.75, 3.05) is 4.72 Å². The first-order valence-corrected chi connectivity index (χ1v) is 6.69. The van der Waals surface area contributed by atoms with Crippen molar-refractivity contribution >= 4 is 15.7 Å². The van der Waals surface area contributed by atoms with Gasteiger partial charge in [0.15, 0.2) is 5.25 Å². The molecule has 0 aliphatic heterocycles. The molecule has 1 unspecified atom stereocenters. The third-order valence-electron chi connectivity index (χ3n) is 2.37. The molecule has 0 aromatic heterocycles. The molecule has 0 bridgehead atoms. The van der Waals surface area contributed by atoms with Crippen LogP contribution < -0.4 is 4.72 Å². The highest BCUT2D eigenvalue weighted by Gasteiger charge is 2.31. The van der Waals surface area contributed by atoms with Crippen LogP contribution in [0.5, 0.6) is 0 Å². The standard InChI is InChI=1S/C11H8F3N3O2S/c1-7(5-15)20(18,19)17-10-3-2-9(11(12,13)14)4-8(10)6-16/h2-4,7,17H,1H3. The Morgan fingerprint density at radius 2 is 1.90 bits per heavy atom. The van der Waals surface area contributed by atoms with E-state index in [-0.39, 0.29) is 5.69 Å². The maximum absolute atomic E-state index is 12.5. The molecular formula is C11H8F3N3O2S. The number of sulfonamides is 1. The summed E-state index contributed by atoms with van der Waals surface area (Å²) in [5.41, 5.74) is -1.85. The maximum atomic E-state index is 12.5. The number of nitrogens with zero attached hydrogens (tertiary/aromatic N) is 2. The van der Waals surface area contributed by atoms with E-state index >= 15 is 0 Å². The van der Waals surface area contributed by atoms with Crippen molar-refractivity contribution in [2.24, 2.45) is 0 Å². The van der Waals surface area contributed by atoms with Crippen LogP contribution in [0.25, 0.3) is 0 Å². The number of halogens is 3. The van der Waals surface area contributed by atoms with Crippen molar-refractivity contribution < 1.29 is 21.6 Å². The van der Waals surface area contributed by atoms with Gasteiger partial charge in [0.1, 0.15) is 6.07 Å². The van der Waals surface area contributed by atoms with E-state index in [9.17, 15) is 21.6 Å². The first-order valence-electron chi connectivity index (χ1n) is 5.14. The van der Waals surface area contributed by atoms with Gasteiger partial charge >= 0.3 is 6.18 Å². The second-order valence-electron chi connectivity index (χ2n) is 3.79. The van der Waals surface area contributed by atoms with Crippen molar-refractivity contribution in [1.82, 2.24) is 0 Å². The van der Waals surface area contributed by atoms with Crippen LogP contribution in [-0.2, 0) is 16.2 Å². The number of nitrogens with one attached hydrogen (secondary N) is 1. The van der Waals surface area contributed by atoms with E-state index in [1.807, 2.05) is 4.72 Å². The fourth-order valence-electron chi connectivity index (χ4n) is 1.21. The zero-order valence-corrected chi connectivity index (χ0v) is 10.9. The summed E-state index contributed by atoms with van der Waals surface area (Å²) >= 11 is 0. The molecule has 0 amide bonds. The molecule has 1 aromatic carbocycles. The normalized spacial score (nSPS) is 13.1. The molecule has 0 saturated heterocycles. The number of benzene rings is 1. The Kier molecular flexibility index (Phi) is 4.26. The smallest absolute Gasteiger partial charge is 0.281 e. The van der Waals surface area contributed by atoms with E-state index in [0.29, 0.717) is 12.1 Å². The van der Waals surface area contributed by atoms with Crippen LogP contribution in [0, 0.1) is 22.7 Å². The maximum Gasteiger partial charge on any atom is 0.416 e. The van der Waals surface area contributed by atoms with Gasteiger partial charge < -0.3 is 0 Å². The lowest BCUT2D eigenvalue weighted by molar-refractivity contribution is -0.137. The number of hydrogen-bond acceptors (Lipinski definition) is 4. The average molecular weight is 303 g/mol. The highest BCUT2D eigenvalue weighted by molar-refractivity contribution is 7.93. The molecule has 5 nitrogen and oxygen atoms in total. The molecular weight excluding hydrogens is 295 g/mol. The van der Waals surface area contributed by atoms with Gasteiger partial charge in [0.05, 0.1) is 22.9 Å². The number of nitriles is 2. The summed E-state index contributed by atoms with van der Waals surface area (Å²) in [6, 6.07) is 4.98. The monoisotopic (exact) mass is 303 g/mol. The molecule has 0 saturated carbocycles. The van der Waals surface area contributed by atoms with E-state index in [1.165, 1.54) is 12.1 Å². The topological polar surface area (TPSA) is 93.8 Å². The first kappa shape index (κ1) is 15.8. The van der Waals surface area contributed by atoms with Crippen molar-refractivity contribution in [3.63, 3.8) is 0 Å². The fraction of sp³-hybridized carbons (Fsp3) is 0.273. The fourth-order valence-corrected chi connectivity index (χ4v) is 2.01. The van der Waals surface area contributed by atoms with E-state index < -0.39 is 32.6 Å². The molecule has 1 N–H and O–H groups in total. The van der Waals surface area contributed by atoms with Crippen LogP contribution in [0.15, 0.2) is 18.2 Å². The summed E-state index contributed by atoms with van der Waals surface area (Å²) in [6.07, 6.45) is -4.64. The minimum Gasteiger partial charge on any atom is -0.281 e. The molecule has 0 fully saturated rings. The molecule has 9 heteroatoms. The Bertz CT molecular complexity index is 699. The second-order valence-corrected chi connectivity index (χ2v) is 5.79. The van der Waals surface area contributed by atoms with Crippen LogP contribution in [0.3, 0.4) is 0 Å². The minimum absolute atomic E-state index is 0.303. The quantitative estimate of drug-likeness (QED) is 0.926. The van der Waals surface area contributed by atoms with Crippen LogP contribution in [0.1, 0.15) is 18.1 Å². The Hall–Kier alpha value is -2.26. The Labute approximate surface area is 113 Å². The highest BCUT2D eigenvalue weighted by Crippen LogP contribution is 2.32. The van der Waals surface area contributed by atoms with Crippen molar-refractivity contribution in [2.45, 2.75) is 18.3 Å². The lowest BCUT2D eigenvalue weighted by Gasteiger charge is -2.12. The molecule has 1 atom stereocenters. The lowest BCUT2D eigenvalue weighted by Crippen LogP contribution is -2.24. The minimum atomic E-state index is -4.64. The van der Waals surface area contributed by atoms with Gasteiger partial charge in [-0.05, 0) is 25.1 Å². The second kappa shape index (κ2) is 5.39. The van der Waals surface area contributed by atoms with Gasteiger partial charge in [-0.2, -0.15) is 23.7 Å². The average Bonchev–Trinajstić information content (AvgIpc) is 2.36. The van der Waals surface area contributed by atoms with Crippen molar-refractivity contribution in [3.8, 4) is 12.1 Å². The summed E-state index contributed by atoms with van der Waals surface area (Å²) in [5.74, 6) is 0. The number of rotatable bonds is 3. The van der Waals surface area contributed by atoms with Crippen molar-refractivity contribution in [3.05, 3.63) is 29.3 Å². The predicted octanol–water partition coefficient (Wildman–Crippen LogP) is 2.23. The molecule has 1 aromatic rings.